The molecule has 0 fully saturated rings. The molecule has 2 N–H and O–H groups in total. The summed E-state index contributed by atoms with van der Waals surface area (Å²) in [7, 11) is 0. The normalized spacial score (nSPS) is 12.2. The van der Waals surface area contributed by atoms with Crippen LogP contribution in [0.2, 0.25) is 10.0 Å². The summed E-state index contributed by atoms with van der Waals surface area (Å²) >= 11 is 12.0. The fourth-order valence-electron chi connectivity index (χ4n) is 2.40. The summed E-state index contributed by atoms with van der Waals surface area (Å²) < 4.78 is 13.5. The highest BCUT2D eigenvalue weighted by atomic mass is 35.5. The van der Waals surface area contributed by atoms with Crippen molar-refractivity contribution >= 4 is 28.9 Å². The third-order valence-electron chi connectivity index (χ3n) is 3.41. The molecule has 0 saturated heterocycles. The molecule has 0 amide bonds. The Bertz CT molecular complexity index is 619. The molecule has 2 rings (SSSR count). The van der Waals surface area contributed by atoms with Crippen molar-refractivity contribution in [1.82, 2.24) is 0 Å². The van der Waals surface area contributed by atoms with Gasteiger partial charge in [0.05, 0.1) is 16.1 Å². The van der Waals surface area contributed by atoms with Crippen molar-refractivity contribution in [2.75, 3.05) is 18.0 Å². The lowest BCUT2D eigenvalue weighted by Crippen LogP contribution is -2.33. The number of hydrogen-bond acceptors (Lipinski definition) is 2. The fourth-order valence-corrected chi connectivity index (χ4v) is 2.71. The Balaban J connectivity index is 2.39. The SMILES string of the molecule is CCN(c1cccc(F)c1)C(CN)c1ccc(Cl)c(Cl)c1. The summed E-state index contributed by atoms with van der Waals surface area (Å²) in [5.41, 5.74) is 7.68. The molecule has 0 saturated carbocycles. The van der Waals surface area contributed by atoms with E-state index in [0.29, 0.717) is 23.1 Å². The van der Waals surface area contributed by atoms with Crippen molar-refractivity contribution in [2.24, 2.45) is 5.73 Å². The van der Waals surface area contributed by atoms with Gasteiger partial charge in [-0.25, -0.2) is 4.39 Å². The zero-order valence-corrected chi connectivity index (χ0v) is 13.2. The minimum Gasteiger partial charge on any atom is -0.363 e. The second-order valence-corrected chi connectivity index (χ2v) is 5.51. The Hall–Kier alpha value is -1.29. The van der Waals surface area contributed by atoms with Gasteiger partial charge in [-0.3, -0.25) is 0 Å². The Morgan fingerprint density at radius 2 is 1.90 bits per heavy atom. The standard InChI is InChI=1S/C16H17Cl2FN2/c1-2-21(13-5-3-4-12(19)9-13)16(10-20)11-6-7-14(17)15(18)8-11/h3-9,16H,2,10,20H2,1H3. The molecule has 2 aromatic carbocycles. The molecule has 112 valence electrons. The summed E-state index contributed by atoms with van der Waals surface area (Å²) in [4.78, 5) is 2.04. The highest BCUT2D eigenvalue weighted by Crippen LogP contribution is 2.31. The van der Waals surface area contributed by atoms with Crippen LogP contribution in [0, 0.1) is 5.82 Å². The van der Waals surface area contributed by atoms with E-state index in [4.69, 9.17) is 28.9 Å². The Morgan fingerprint density at radius 3 is 2.48 bits per heavy atom. The lowest BCUT2D eigenvalue weighted by atomic mass is 10.0. The van der Waals surface area contributed by atoms with Crippen LogP contribution in [-0.2, 0) is 0 Å². The highest BCUT2D eigenvalue weighted by molar-refractivity contribution is 6.42. The number of nitrogens with zero attached hydrogens (tertiary/aromatic N) is 1. The van der Waals surface area contributed by atoms with Gasteiger partial charge >= 0.3 is 0 Å². The van der Waals surface area contributed by atoms with Gasteiger partial charge in [-0.2, -0.15) is 0 Å². The van der Waals surface area contributed by atoms with E-state index in [-0.39, 0.29) is 11.9 Å². The maximum Gasteiger partial charge on any atom is 0.125 e. The van der Waals surface area contributed by atoms with E-state index >= 15 is 0 Å². The number of anilines is 1. The van der Waals surface area contributed by atoms with Crippen LogP contribution in [0.15, 0.2) is 42.5 Å². The van der Waals surface area contributed by atoms with E-state index in [0.717, 1.165) is 11.3 Å². The van der Waals surface area contributed by atoms with Crippen LogP contribution >= 0.6 is 23.2 Å². The Labute approximate surface area is 134 Å². The first-order valence-corrected chi connectivity index (χ1v) is 7.49. The van der Waals surface area contributed by atoms with Crippen molar-refractivity contribution in [2.45, 2.75) is 13.0 Å². The third-order valence-corrected chi connectivity index (χ3v) is 4.15. The summed E-state index contributed by atoms with van der Waals surface area (Å²) in [5.74, 6) is -0.268. The summed E-state index contributed by atoms with van der Waals surface area (Å²) in [5, 5.41) is 0.993. The fraction of sp³-hybridized carbons (Fsp3) is 0.250. The molecule has 0 aliphatic heterocycles. The first kappa shape index (κ1) is 16.1. The molecule has 21 heavy (non-hydrogen) atoms. The Kier molecular flexibility index (Phi) is 5.45. The highest BCUT2D eigenvalue weighted by Gasteiger charge is 2.19. The van der Waals surface area contributed by atoms with Gasteiger partial charge in [0.1, 0.15) is 5.82 Å². The maximum atomic E-state index is 13.5. The first-order valence-electron chi connectivity index (χ1n) is 6.74. The first-order chi connectivity index (χ1) is 10.1. The second-order valence-electron chi connectivity index (χ2n) is 4.69. The second kappa shape index (κ2) is 7.12. The predicted octanol–water partition coefficient (Wildman–Crippen LogP) is 4.66. The molecular weight excluding hydrogens is 310 g/mol. The van der Waals surface area contributed by atoms with E-state index in [1.807, 2.05) is 30.0 Å². The summed E-state index contributed by atoms with van der Waals surface area (Å²) in [6, 6.07) is 11.9. The largest absolute Gasteiger partial charge is 0.363 e. The molecule has 0 spiro atoms. The lowest BCUT2D eigenvalue weighted by molar-refractivity contribution is 0.616. The smallest absolute Gasteiger partial charge is 0.125 e. The zero-order valence-electron chi connectivity index (χ0n) is 11.7. The number of halogens is 3. The van der Waals surface area contributed by atoms with E-state index in [9.17, 15) is 4.39 Å². The molecule has 0 radical (unpaired) electrons. The van der Waals surface area contributed by atoms with E-state index in [2.05, 4.69) is 0 Å². The van der Waals surface area contributed by atoms with Gasteiger partial charge in [-0.05, 0) is 42.8 Å². The number of rotatable bonds is 5. The van der Waals surface area contributed by atoms with Crippen molar-refractivity contribution in [3.05, 3.63) is 63.9 Å². The number of hydrogen-bond donors (Lipinski definition) is 1. The number of nitrogens with two attached hydrogens (primary N) is 1. The number of likely N-dealkylation sites (N-methyl/N-ethyl adjacent to an activating group) is 1. The van der Waals surface area contributed by atoms with Crippen molar-refractivity contribution in [3.8, 4) is 0 Å². The average Bonchev–Trinajstić information content (AvgIpc) is 2.47. The van der Waals surface area contributed by atoms with Crippen LogP contribution in [0.3, 0.4) is 0 Å². The van der Waals surface area contributed by atoms with Gasteiger partial charge in [0.15, 0.2) is 0 Å². The van der Waals surface area contributed by atoms with Crippen LogP contribution in [0.4, 0.5) is 10.1 Å². The van der Waals surface area contributed by atoms with E-state index < -0.39 is 0 Å². The predicted molar refractivity (Wildman–Crippen MR) is 87.7 cm³/mol. The van der Waals surface area contributed by atoms with Gasteiger partial charge in [-0.15, -0.1) is 0 Å². The van der Waals surface area contributed by atoms with E-state index in [1.54, 1.807) is 12.1 Å². The summed E-state index contributed by atoms with van der Waals surface area (Å²) in [6.07, 6.45) is 0. The third kappa shape index (κ3) is 3.67. The molecule has 0 aliphatic rings. The van der Waals surface area contributed by atoms with Gasteiger partial charge < -0.3 is 10.6 Å². The molecule has 0 aliphatic carbocycles. The molecule has 2 aromatic rings. The minimum absolute atomic E-state index is 0.0911. The molecule has 5 heteroatoms. The molecule has 0 aromatic heterocycles. The van der Waals surface area contributed by atoms with Gasteiger partial charge in [-0.1, -0.05) is 35.3 Å². The van der Waals surface area contributed by atoms with Crippen LogP contribution in [0.5, 0.6) is 0 Å². The van der Waals surface area contributed by atoms with E-state index in [1.165, 1.54) is 12.1 Å². The minimum atomic E-state index is -0.268. The molecule has 1 unspecified atom stereocenters. The van der Waals surface area contributed by atoms with Crippen LogP contribution in [-0.4, -0.2) is 13.1 Å². The van der Waals surface area contributed by atoms with Crippen molar-refractivity contribution in [1.29, 1.82) is 0 Å². The quantitative estimate of drug-likeness (QED) is 0.865. The molecule has 0 bridgehead atoms. The molecule has 1 atom stereocenters. The maximum absolute atomic E-state index is 13.5. The average molecular weight is 327 g/mol. The molecule has 0 heterocycles. The van der Waals surface area contributed by atoms with Gasteiger partial charge in [0.2, 0.25) is 0 Å². The number of benzene rings is 2. The summed E-state index contributed by atoms with van der Waals surface area (Å²) in [6.45, 7) is 3.10. The van der Waals surface area contributed by atoms with Gasteiger partial charge in [0.25, 0.3) is 0 Å². The Morgan fingerprint density at radius 1 is 1.14 bits per heavy atom. The van der Waals surface area contributed by atoms with Crippen LogP contribution < -0.4 is 10.6 Å². The van der Waals surface area contributed by atoms with Crippen LogP contribution in [0.25, 0.3) is 0 Å². The monoisotopic (exact) mass is 326 g/mol. The molecular formula is C16H17Cl2FN2. The lowest BCUT2D eigenvalue weighted by Gasteiger charge is -2.32. The van der Waals surface area contributed by atoms with Crippen molar-refractivity contribution < 1.29 is 4.39 Å². The van der Waals surface area contributed by atoms with Crippen molar-refractivity contribution in [3.63, 3.8) is 0 Å². The topological polar surface area (TPSA) is 29.3 Å². The zero-order chi connectivity index (χ0) is 15.4. The molecule has 2 nitrogen and oxygen atoms in total. The van der Waals surface area contributed by atoms with Crippen LogP contribution in [0.1, 0.15) is 18.5 Å². The van der Waals surface area contributed by atoms with Gasteiger partial charge in [0, 0.05) is 18.8 Å².